The third-order valence-electron chi connectivity index (χ3n) is 4.49. The van der Waals surface area contributed by atoms with E-state index in [1.165, 1.54) is 4.31 Å². The molecule has 148 valence electrons. The van der Waals surface area contributed by atoms with Crippen molar-refractivity contribution in [3.8, 4) is 17.2 Å². The van der Waals surface area contributed by atoms with E-state index in [2.05, 4.69) is 5.32 Å². The molecule has 1 amide bonds. The first-order valence-corrected chi connectivity index (χ1v) is 10.6. The maximum absolute atomic E-state index is 12.8. The number of carbonyl (C=O) groups excluding carboxylic acids is 1. The topological polar surface area (TPSA) is 94.2 Å². The Bertz CT molecular complexity index is 1040. The van der Waals surface area contributed by atoms with Gasteiger partial charge >= 0.3 is 0 Å². The van der Waals surface area contributed by atoms with Gasteiger partial charge in [-0.25, -0.2) is 8.42 Å². The number of ether oxygens (including phenoxy) is 3. The van der Waals surface area contributed by atoms with Crippen LogP contribution in [0.15, 0.2) is 36.4 Å². The summed E-state index contributed by atoms with van der Waals surface area (Å²) in [4.78, 5) is 12.8. The van der Waals surface area contributed by atoms with Crippen LogP contribution in [0.4, 0.5) is 11.4 Å². The minimum Gasteiger partial charge on any atom is -0.486 e. The fraction of sp³-hybridized carbons (Fsp3) is 0.316. The number of hydrogen-bond acceptors (Lipinski definition) is 6. The van der Waals surface area contributed by atoms with Crippen molar-refractivity contribution in [3.63, 3.8) is 0 Å². The Morgan fingerprint density at radius 2 is 1.79 bits per heavy atom. The molecule has 0 spiro atoms. The molecule has 1 N–H and O–H groups in total. The van der Waals surface area contributed by atoms with Crippen molar-refractivity contribution in [2.24, 2.45) is 0 Å². The summed E-state index contributed by atoms with van der Waals surface area (Å²) in [5, 5.41) is 2.75. The molecule has 2 aromatic carbocycles. The Hall–Kier alpha value is -2.94. The summed E-state index contributed by atoms with van der Waals surface area (Å²) in [5.74, 6) is 1.07. The smallest absolute Gasteiger partial charge is 0.267 e. The summed E-state index contributed by atoms with van der Waals surface area (Å²) in [6.07, 6.45) is 0.123. The maximum Gasteiger partial charge on any atom is 0.267 e. The number of hydrogen-bond donors (Lipinski definition) is 1. The Labute approximate surface area is 163 Å². The number of fused-ring (bicyclic) bond motifs is 2. The Morgan fingerprint density at radius 1 is 1.07 bits per heavy atom. The van der Waals surface area contributed by atoms with Crippen molar-refractivity contribution in [2.75, 3.05) is 35.6 Å². The first kappa shape index (κ1) is 18.4. The number of sulfonamides is 1. The predicted molar refractivity (Wildman–Crippen MR) is 104 cm³/mol. The highest BCUT2D eigenvalue weighted by Crippen LogP contribution is 2.36. The lowest BCUT2D eigenvalue weighted by Gasteiger charge is -2.34. The van der Waals surface area contributed by atoms with Gasteiger partial charge in [0.15, 0.2) is 17.6 Å². The highest BCUT2D eigenvalue weighted by Gasteiger charge is 2.35. The van der Waals surface area contributed by atoms with Gasteiger partial charge in [0.1, 0.15) is 19.0 Å². The van der Waals surface area contributed by atoms with E-state index in [0.717, 1.165) is 11.8 Å². The number of nitrogens with one attached hydrogen (secondary N) is 1. The van der Waals surface area contributed by atoms with Gasteiger partial charge in [-0.15, -0.1) is 0 Å². The lowest BCUT2D eigenvalue weighted by atomic mass is 10.1. The number of nitrogens with zero attached hydrogens (tertiary/aromatic N) is 1. The summed E-state index contributed by atoms with van der Waals surface area (Å²) >= 11 is 0. The molecule has 28 heavy (non-hydrogen) atoms. The van der Waals surface area contributed by atoms with Crippen LogP contribution >= 0.6 is 0 Å². The molecule has 0 fully saturated rings. The largest absolute Gasteiger partial charge is 0.486 e. The highest BCUT2D eigenvalue weighted by atomic mass is 32.2. The minimum absolute atomic E-state index is 0.105. The predicted octanol–water partition coefficient (Wildman–Crippen LogP) is 1.93. The highest BCUT2D eigenvalue weighted by molar-refractivity contribution is 7.92. The van der Waals surface area contributed by atoms with Gasteiger partial charge in [0.2, 0.25) is 10.0 Å². The summed E-state index contributed by atoms with van der Waals surface area (Å²) in [5.41, 5.74) is 1.85. The molecule has 2 aliphatic heterocycles. The van der Waals surface area contributed by atoms with E-state index in [9.17, 15) is 13.2 Å². The summed E-state index contributed by atoms with van der Waals surface area (Å²) in [6, 6.07) is 10.3. The van der Waals surface area contributed by atoms with Gasteiger partial charge in [-0.05, 0) is 36.8 Å². The number of carbonyl (C=O) groups is 1. The molecule has 4 rings (SSSR count). The number of aryl methyl sites for hydroxylation is 1. The van der Waals surface area contributed by atoms with E-state index < -0.39 is 22.0 Å². The summed E-state index contributed by atoms with van der Waals surface area (Å²) < 4.78 is 42.5. The van der Waals surface area contributed by atoms with Crippen LogP contribution in [0, 0.1) is 6.92 Å². The van der Waals surface area contributed by atoms with Crippen molar-refractivity contribution >= 4 is 27.3 Å². The molecule has 2 aliphatic rings. The minimum atomic E-state index is -3.57. The molecule has 8 nitrogen and oxygen atoms in total. The molecule has 0 saturated carbocycles. The van der Waals surface area contributed by atoms with Gasteiger partial charge < -0.3 is 19.5 Å². The molecule has 0 unspecified atom stereocenters. The van der Waals surface area contributed by atoms with E-state index in [1.54, 1.807) is 36.4 Å². The molecule has 9 heteroatoms. The SMILES string of the molecule is Cc1ccc2c(c1)N(S(C)(=O)=O)C[C@H](C(=O)Nc1ccc3c(c1)OCCO3)O2. The normalized spacial score (nSPS) is 18.1. The zero-order valence-corrected chi connectivity index (χ0v) is 16.3. The molecular formula is C19H20N2O6S. The molecule has 0 radical (unpaired) electrons. The quantitative estimate of drug-likeness (QED) is 0.840. The first-order chi connectivity index (χ1) is 13.3. The summed E-state index contributed by atoms with van der Waals surface area (Å²) in [7, 11) is -3.57. The van der Waals surface area contributed by atoms with Crippen LogP contribution in [0.3, 0.4) is 0 Å². The molecule has 0 aliphatic carbocycles. The Kier molecular flexibility index (Phi) is 4.54. The molecule has 1 atom stereocenters. The second kappa shape index (κ2) is 6.90. The van der Waals surface area contributed by atoms with E-state index in [-0.39, 0.29) is 6.54 Å². The number of anilines is 2. The van der Waals surface area contributed by atoms with Crippen LogP contribution < -0.4 is 23.8 Å². The Balaban J connectivity index is 1.57. The van der Waals surface area contributed by atoms with E-state index in [0.29, 0.717) is 41.8 Å². The van der Waals surface area contributed by atoms with Gasteiger partial charge in [-0.2, -0.15) is 0 Å². The number of rotatable bonds is 3. The lowest BCUT2D eigenvalue weighted by molar-refractivity contribution is -0.122. The lowest BCUT2D eigenvalue weighted by Crippen LogP contribution is -2.48. The molecular weight excluding hydrogens is 384 g/mol. The van der Waals surface area contributed by atoms with Crippen LogP contribution in [0.25, 0.3) is 0 Å². The van der Waals surface area contributed by atoms with Crippen molar-refractivity contribution < 1.29 is 27.4 Å². The zero-order valence-electron chi connectivity index (χ0n) is 15.5. The standard InChI is InChI=1S/C19H20N2O6S/c1-12-3-5-15-14(9-12)21(28(2,23)24)11-18(27-15)19(22)20-13-4-6-16-17(10-13)26-8-7-25-16/h3-6,9-10,18H,7-8,11H2,1-2H3,(H,20,22)/t18-/m1/s1. The monoisotopic (exact) mass is 404 g/mol. The average molecular weight is 404 g/mol. The fourth-order valence-electron chi connectivity index (χ4n) is 3.16. The Morgan fingerprint density at radius 3 is 2.54 bits per heavy atom. The third-order valence-corrected chi connectivity index (χ3v) is 5.63. The fourth-order valence-corrected chi connectivity index (χ4v) is 4.06. The first-order valence-electron chi connectivity index (χ1n) is 8.77. The van der Waals surface area contributed by atoms with E-state index in [4.69, 9.17) is 14.2 Å². The van der Waals surface area contributed by atoms with Crippen LogP contribution in [0.5, 0.6) is 17.2 Å². The van der Waals surface area contributed by atoms with Crippen molar-refractivity contribution in [2.45, 2.75) is 13.0 Å². The average Bonchev–Trinajstić information content (AvgIpc) is 2.66. The molecule has 2 aromatic rings. The van der Waals surface area contributed by atoms with Gasteiger partial charge in [0, 0.05) is 11.8 Å². The summed E-state index contributed by atoms with van der Waals surface area (Å²) in [6.45, 7) is 2.68. The van der Waals surface area contributed by atoms with Gasteiger partial charge in [-0.3, -0.25) is 9.10 Å². The maximum atomic E-state index is 12.8. The van der Waals surface area contributed by atoms with Crippen LogP contribution in [-0.4, -0.2) is 46.4 Å². The number of benzene rings is 2. The molecule has 2 heterocycles. The second-order valence-electron chi connectivity index (χ2n) is 6.72. The van der Waals surface area contributed by atoms with Crippen LogP contribution in [-0.2, 0) is 14.8 Å². The molecule has 0 saturated heterocycles. The van der Waals surface area contributed by atoms with Crippen LogP contribution in [0.1, 0.15) is 5.56 Å². The zero-order chi connectivity index (χ0) is 19.9. The van der Waals surface area contributed by atoms with Crippen molar-refractivity contribution in [1.82, 2.24) is 0 Å². The molecule has 0 bridgehead atoms. The van der Waals surface area contributed by atoms with E-state index in [1.807, 2.05) is 6.92 Å². The third kappa shape index (κ3) is 3.57. The van der Waals surface area contributed by atoms with Crippen molar-refractivity contribution in [3.05, 3.63) is 42.0 Å². The van der Waals surface area contributed by atoms with Gasteiger partial charge in [0.25, 0.3) is 5.91 Å². The van der Waals surface area contributed by atoms with Gasteiger partial charge in [0.05, 0.1) is 18.5 Å². The number of amides is 1. The van der Waals surface area contributed by atoms with Crippen molar-refractivity contribution in [1.29, 1.82) is 0 Å². The van der Waals surface area contributed by atoms with E-state index >= 15 is 0 Å². The second-order valence-corrected chi connectivity index (χ2v) is 8.63. The van der Waals surface area contributed by atoms with Gasteiger partial charge in [-0.1, -0.05) is 6.07 Å². The van der Waals surface area contributed by atoms with Crippen LogP contribution in [0.2, 0.25) is 0 Å². The molecule has 0 aromatic heterocycles.